The molecule has 1 fully saturated rings. The van der Waals surface area contributed by atoms with E-state index < -0.39 is 0 Å². The summed E-state index contributed by atoms with van der Waals surface area (Å²) in [5.74, 6) is 0. The van der Waals surface area contributed by atoms with Crippen molar-refractivity contribution >= 4 is 10.9 Å². The van der Waals surface area contributed by atoms with Crippen LogP contribution in [0.3, 0.4) is 0 Å². The Bertz CT molecular complexity index is 527. The number of benzene rings is 1. The Balaban J connectivity index is 1.62. The Hall–Kier alpha value is -1.45. The summed E-state index contributed by atoms with van der Waals surface area (Å²) in [6.07, 6.45) is 5.42. The molecule has 1 saturated heterocycles. The first-order valence-electron chi connectivity index (χ1n) is 7.20. The number of hydrogen-bond donors (Lipinski definition) is 2. The maximum absolute atomic E-state index is 4.51. The lowest BCUT2D eigenvalue weighted by atomic mass is 10.0. The van der Waals surface area contributed by atoms with Gasteiger partial charge in [0, 0.05) is 17.6 Å². The van der Waals surface area contributed by atoms with Crippen molar-refractivity contribution in [3.05, 3.63) is 42.1 Å². The lowest BCUT2D eigenvalue weighted by Crippen LogP contribution is -2.40. The predicted molar refractivity (Wildman–Crippen MR) is 79.3 cm³/mol. The van der Waals surface area contributed by atoms with Crippen LogP contribution in [0.1, 0.15) is 18.4 Å². The summed E-state index contributed by atoms with van der Waals surface area (Å²) in [7, 11) is 0. The first-order valence-corrected chi connectivity index (χ1v) is 7.20. The molecule has 0 radical (unpaired) electrons. The molecule has 2 aromatic rings. The third-order valence-corrected chi connectivity index (χ3v) is 3.88. The van der Waals surface area contributed by atoms with E-state index in [4.69, 9.17) is 0 Å². The van der Waals surface area contributed by atoms with Gasteiger partial charge in [-0.05, 0) is 50.5 Å². The molecule has 19 heavy (non-hydrogen) atoms. The summed E-state index contributed by atoms with van der Waals surface area (Å²) in [6, 6.07) is 11.3. The molecule has 0 atom stereocenters. The molecule has 0 amide bonds. The van der Waals surface area contributed by atoms with Crippen molar-refractivity contribution in [3.8, 4) is 0 Å². The van der Waals surface area contributed by atoms with Crippen LogP contribution in [0, 0.1) is 0 Å². The number of piperidine rings is 1. The molecule has 3 rings (SSSR count). The maximum atomic E-state index is 4.51. The largest absolute Gasteiger partial charge is 0.317 e. The van der Waals surface area contributed by atoms with Gasteiger partial charge in [0.05, 0.1) is 5.52 Å². The highest BCUT2D eigenvalue weighted by Gasteiger charge is 2.11. The van der Waals surface area contributed by atoms with E-state index in [2.05, 4.69) is 39.9 Å². The van der Waals surface area contributed by atoms with Crippen LogP contribution >= 0.6 is 0 Å². The van der Waals surface area contributed by atoms with E-state index in [0.29, 0.717) is 6.04 Å². The van der Waals surface area contributed by atoms with E-state index in [1.165, 1.54) is 23.8 Å². The fraction of sp³-hybridized carbons (Fsp3) is 0.438. The van der Waals surface area contributed by atoms with E-state index in [-0.39, 0.29) is 0 Å². The number of nitrogens with zero attached hydrogens (tertiary/aromatic N) is 1. The van der Waals surface area contributed by atoms with Crippen molar-refractivity contribution in [1.29, 1.82) is 0 Å². The van der Waals surface area contributed by atoms with Gasteiger partial charge in [-0.2, -0.15) is 0 Å². The fourth-order valence-electron chi connectivity index (χ4n) is 2.81. The number of para-hydroxylation sites is 1. The van der Waals surface area contributed by atoms with E-state index >= 15 is 0 Å². The molecule has 3 nitrogen and oxygen atoms in total. The van der Waals surface area contributed by atoms with Crippen LogP contribution in [-0.4, -0.2) is 30.7 Å². The number of aromatic nitrogens is 1. The van der Waals surface area contributed by atoms with Crippen LogP contribution in [0.25, 0.3) is 10.9 Å². The van der Waals surface area contributed by atoms with Gasteiger partial charge in [-0.1, -0.05) is 24.3 Å². The number of rotatable bonds is 4. The Kier molecular flexibility index (Phi) is 4.06. The molecule has 1 aromatic heterocycles. The van der Waals surface area contributed by atoms with Gasteiger partial charge < -0.3 is 10.6 Å². The van der Waals surface area contributed by atoms with Gasteiger partial charge in [0.25, 0.3) is 0 Å². The predicted octanol–water partition coefficient (Wildman–Crippen LogP) is 2.12. The van der Waals surface area contributed by atoms with Crippen LogP contribution in [0.5, 0.6) is 0 Å². The number of fused-ring (bicyclic) bond motifs is 1. The molecule has 100 valence electrons. The highest BCUT2D eigenvalue weighted by molar-refractivity contribution is 5.81. The Labute approximate surface area is 114 Å². The van der Waals surface area contributed by atoms with Gasteiger partial charge in [-0.25, -0.2) is 0 Å². The number of hydrogen-bond acceptors (Lipinski definition) is 3. The lowest BCUT2D eigenvalue weighted by Gasteiger charge is -2.23. The number of pyridine rings is 1. The fourth-order valence-corrected chi connectivity index (χ4v) is 2.81. The molecular formula is C16H21N3. The topological polar surface area (TPSA) is 37.0 Å². The molecule has 2 N–H and O–H groups in total. The van der Waals surface area contributed by atoms with E-state index in [1.807, 2.05) is 12.3 Å². The van der Waals surface area contributed by atoms with Crippen LogP contribution in [0.4, 0.5) is 0 Å². The van der Waals surface area contributed by atoms with Crippen LogP contribution in [0.2, 0.25) is 0 Å². The Morgan fingerprint density at radius 2 is 2.00 bits per heavy atom. The highest BCUT2D eigenvalue weighted by Crippen LogP contribution is 2.16. The molecule has 1 aliphatic rings. The van der Waals surface area contributed by atoms with Crippen molar-refractivity contribution in [2.45, 2.75) is 25.3 Å². The molecule has 0 aliphatic carbocycles. The average Bonchev–Trinajstić information content (AvgIpc) is 2.49. The minimum absolute atomic E-state index is 0.684. The summed E-state index contributed by atoms with van der Waals surface area (Å²) in [5.41, 5.74) is 2.50. The monoisotopic (exact) mass is 255 g/mol. The normalized spacial score (nSPS) is 16.8. The first-order chi connectivity index (χ1) is 9.43. The van der Waals surface area contributed by atoms with Gasteiger partial charge in [0.1, 0.15) is 0 Å². The second-order valence-electron chi connectivity index (χ2n) is 5.22. The van der Waals surface area contributed by atoms with Gasteiger partial charge in [-0.3, -0.25) is 4.98 Å². The average molecular weight is 255 g/mol. The van der Waals surface area contributed by atoms with Crippen LogP contribution < -0.4 is 10.6 Å². The molecule has 3 heteroatoms. The first kappa shape index (κ1) is 12.6. The lowest BCUT2D eigenvalue weighted by molar-refractivity contribution is 0.390. The maximum Gasteiger partial charge on any atom is 0.0734 e. The standard InChI is InChI=1S/C16H21N3/c1-3-13-5-2-9-19-16(13)14(4-1)6-12-18-15-7-10-17-11-8-15/h1-5,9,15,17-18H,6-8,10-12H2. The summed E-state index contributed by atoms with van der Waals surface area (Å²) in [6.45, 7) is 3.33. The van der Waals surface area contributed by atoms with Gasteiger partial charge in [0.2, 0.25) is 0 Å². The van der Waals surface area contributed by atoms with E-state index in [9.17, 15) is 0 Å². The van der Waals surface area contributed by atoms with Crippen molar-refractivity contribution in [3.63, 3.8) is 0 Å². The Morgan fingerprint density at radius 3 is 2.89 bits per heavy atom. The molecule has 0 spiro atoms. The quantitative estimate of drug-likeness (QED) is 0.878. The molecule has 2 heterocycles. The highest BCUT2D eigenvalue weighted by atomic mass is 15.0. The SMILES string of the molecule is c1cnc2c(CCNC3CCNCC3)cccc2c1. The van der Waals surface area contributed by atoms with Crippen LogP contribution in [0.15, 0.2) is 36.5 Å². The van der Waals surface area contributed by atoms with Gasteiger partial charge in [-0.15, -0.1) is 0 Å². The van der Waals surface area contributed by atoms with E-state index in [1.54, 1.807) is 0 Å². The third kappa shape index (κ3) is 3.11. The summed E-state index contributed by atoms with van der Waals surface area (Å²) in [5, 5.41) is 8.30. The minimum atomic E-state index is 0.684. The van der Waals surface area contributed by atoms with Crippen LogP contribution in [-0.2, 0) is 6.42 Å². The third-order valence-electron chi connectivity index (χ3n) is 3.88. The molecule has 0 unspecified atom stereocenters. The van der Waals surface area contributed by atoms with E-state index in [0.717, 1.165) is 31.6 Å². The van der Waals surface area contributed by atoms with Gasteiger partial charge in [0.15, 0.2) is 0 Å². The second-order valence-corrected chi connectivity index (χ2v) is 5.22. The van der Waals surface area contributed by atoms with Crippen molar-refractivity contribution in [2.24, 2.45) is 0 Å². The second kappa shape index (κ2) is 6.13. The molecule has 1 aliphatic heterocycles. The zero-order valence-corrected chi connectivity index (χ0v) is 11.2. The summed E-state index contributed by atoms with van der Waals surface area (Å²) < 4.78 is 0. The molecule has 0 bridgehead atoms. The molecule has 1 aromatic carbocycles. The van der Waals surface area contributed by atoms with Crippen molar-refractivity contribution in [2.75, 3.05) is 19.6 Å². The summed E-state index contributed by atoms with van der Waals surface area (Å²) >= 11 is 0. The van der Waals surface area contributed by atoms with Crippen molar-refractivity contribution < 1.29 is 0 Å². The summed E-state index contributed by atoms with van der Waals surface area (Å²) in [4.78, 5) is 4.51. The number of nitrogens with one attached hydrogen (secondary N) is 2. The minimum Gasteiger partial charge on any atom is -0.317 e. The van der Waals surface area contributed by atoms with Gasteiger partial charge >= 0.3 is 0 Å². The smallest absolute Gasteiger partial charge is 0.0734 e. The zero-order valence-electron chi connectivity index (χ0n) is 11.2. The van der Waals surface area contributed by atoms with Crippen molar-refractivity contribution in [1.82, 2.24) is 15.6 Å². The molecule has 0 saturated carbocycles. The Morgan fingerprint density at radius 1 is 1.16 bits per heavy atom. The molecular weight excluding hydrogens is 234 g/mol. The zero-order chi connectivity index (χ0) is 12.9.